The molecule has 0 fully saturated rings. The Morgan fingerprint density at radius 2 is 1.24 bits per heavy atom. The molecule has 0 N–H and O–H groups in total. The van der Waals surface area contributed by atoms with Crippen LogP contribution in [0.5, 0.6) is 0 Å². The minimum atomic E-state index is -0.764. The molecule has 2 unspecified atom stereocenters. The number of rotatable bonds is 6. The molecule has 0 radical (unpaired) electrons. The van der Waals surface area contributed by atoms with E-state index in [4.69, 9.17) is 0 Å². The third kappa shape index (κ3) is 5.42. The van der Waals surface area contributed by atoms with Crippen molar-refractivity contribution in [2.24, 2.45) is 11.8 Å². The second-order valence-electron chi connectivity index (χ2n) is 5.82. The summed E-state index contributed by atoms with van der Waals surface area (Å²) in [4.78, 5) is 0. The molecular formula is C18H28Br2Hf. The van der Waals surface area contributed by atoms with Crippen molar-refractivity contribution < 1.29 is 22.9 Å². The summed E-state index contributed by atoms with van der Waals surface area (Å²) in [7, 11) is 0. The maximum atomic E-state index is 2.42. The standard InChI is InChI=1S/2C9H13.2BrH.Hf/c2*1-3-8(2)9-6-4-5-7-9;;;/h2*4,6,8H,3,5H2,1-2H3;2*1H;. The number of hydrogen-bond acceptors (Lipinski definition) is 0. The molecule has 0 aromatic heterocycles. The van der Waals surface area contributed by atoms with Crippen LogP contribution >= 0.6 is 34.0 Å². The van der Waals surface area contributed by atoms with Gasteiger partial charge in [-0.2, -0.15) is 0 Å². The van der Waals surface area contributed by atoms with Crippen LogP contribution in [-0.2, 0) is 22.9 Å². The quantitative estimate of drug-likeness (QED) is 0.304. The molecule has 2 aliphatic rings. The van der Waals surface area contributed by atoms with Crippen molar-refractivity contribution >= 4 is 34.0 Å². The fourth-order valence-electron chi connectivity index (χ4n) is 2.84. The minimum absolute atomic E-state index is 0. The molecule has 0 bridgehead atoms. The molecule has 2 atom stereocenters. The van der Waals surface area contributed by atoms with Crippen LogP contribution in [0.25, 0.3) is 0 Å². The first-order valence-corrected chi connectivity index (χ1v) is 11.3. The molecule has 0 aliphatic heterocycles. The first-order chi connectivity index (χ1) is 9.17. The zero-order valence-electron chi connectivity index (χ0n) is 13.6. The van der Waals surface area contributed by atoms with Crippen LogP contribution in [0.3, 0.4) is 0 Å². The number of halogens is 2. The van der Waals surface area contributed by atoms with Crippen LogP contribution < -0.4 is 0 Å². The van der Waals surface area contributed by atoms with Crippen molar-refractivity contribution in [2.45, 2.75) is 53.4 Å². The average molecular weight is 583 g/mol. The van der Waals surface area contributed by atoms with Gasteiger partial charge >= 0.3 is 130 Å². The van der Waals surface area contributed by atoms with Gasteiger partial charge in [-0.3, -0.25) is 0 Å². The van der Waals surface area contributed by atoms with Gasteiger partial charge in [0.1, 0.15) is 0 Å². The second-order valence-corrected chi connectivity index (χ2v) is 11.1. The van der Waals surface area contributed by atoms with E-state index < -0.39 is 22.9 Å². The number of hydrogen-bond donors (Lipinski definition) is 0. The summed E-state index contributed by atoms with van der Waals surface area (Å²) in [5.41, 5.74) is 3.41. The molecule has 0 aromatic carbocycles. The SMILES string of the molecule is Br.Br.CCC(C)C1=[C]([Hf][C]2=C(C(C)CC)C=CC2)CC=C1. The van der Waals surface area contributed by atoms with Gasteiger partial charge in [0.25, 0.3) is 0 Å². The fraction of sp³-hybridized carbons (Fsp3) is 0.556. The van der Waals surface area contributed by atoms with Crippen molar-refractivity contribution in [1.29, 1.82) is 0 Å². The van der Waals surface area contributed by atoms with Gasteiger partial charge in [0.2, 0.25) is 0 Å². The molecular weight excluding hydrogens is 554 g/mol. The van der Waals surface area contributed by atoms with Gasteiger partial charge in [0.15, 0.2) is 0 Å². The topological polar surface area (TPSA) is 0 Å². The van der Waals surface area contributed by atoms with Gasteiger partial charge < -0.3 is 0 Å². The van der Waals surface area contributed by atoms with Crippen LogP contribution in [0.2, 0.25) is 0 Å². The Morgan fingerprint density at radius 1 is 0.857 bits per heavy atom. The van der Waals surface area contributed by atoms with Gasteiger partial charge in [-0.25, -0.2) is 0 Å². The Hall–Kier alpha value is 0.790. The van der Waals surface area contributed by atoms with E-state index in [2.05, 4.69) is 52.0 Å². The van der Waals surface area contributed by atoms with Gasteiger partial charge in [0, 0.05) is 0 Å². The predicted octanol–water partition coefficient (Wildman–Crippen LogP) is 6.74. The summed E-state index contributed by atoms with van der Waals surface area (Å²) >= 11 is -0.764. The molecule has 0 heterocycles. The normalized spacial score (nSPS) is 19.4. The van der Waals surface area contributed by atoms with Crippen molar-refractivity contribution in [3.63, 3.8) is 0 Å². The molecule has 2 rings (SSSR count). The van der Waals surface area contributed by atoms with E-state index in [0.29, 0.717) is 0 Å². The van der Waals surface area contributed by atoms with E-state index in [1.165, 1.54) is 25.7 Å². The Balaban J connectivity index is 0.00000200. The molecule has 0 saturated heterocycles. The van der Waals surface area contributed by atoms with Crippen molar-refractivity contribution in [3.05, 3.63) is 42.1 Å². The summed E-state index contributed by atoms with van der Waals surface area (Å²) < 4.78 is 3.74. The number of allylic oxidation sites excluding steroid dienone is 8. The van der Waals surface area contributed by atoms with Crippen molar-refractivity contribution in [1.82, 2.24) is 0 Å². The fourth-order valence-corrected chi connectivity index (χ4v) is 9.13. The van der Waals surface area contributed by atoms with Gasteiger partial charge in [-0.05, 0) is 0 Å². The van der Waals surface area contributed by atoms with Crippen LogP contribution in [0.4, 0.5) is 0 Å². The Morgan fingerprint density at radius 3 is 1.57 bits per heavy atom. The molecule has 118 valence electrons. The summed E-state index contributed by atoms with van der Waals surface area (Å²) in [5, 5.41) is 0. The molecule has 21 heavy (non-hydrogen) atoms. The zero-order valence-corrected chi connectivity index (χ0v) is 20.6. The Kier molecular flexibility index (Phi) is 10.9. The van der Waals surface area contributed by atoms with Crippen LogP contribution in [0, 0.1) is 11.8 Å². The predicted molar refractivity (Wildman–Crippen MR) is 101 cm³/mol. The second kappa shape index (κ2) is 10.5. The summed E-state index contributed by atoms with van der Waals surface area (Å²) in [6.07, 6.45) is 14.7. The van der Waals surface area contributed by atoms with Crippen LogP contribution in [0.1, 0.15) is 53.4 Å². The van der Waals surface area contributed by atoms with E-state index in [0.717, 1.165) is 11.8 Å². The molecule has 3 heteroatoms. The maximum absolute atomic E-state index is 2.42. The van der Waals surface area contributed by atoms with Crippen LogP contribution in [0.15, 0.2) is 42.1 Å². The van der Waals surface area contributed by atoms with Crippen LogP contribution in [-0.4, -0.2) is 0 Å². The summed E-state index contributed by atoms with van der Waals surface area (Å²) in [5.74, 6) is 1.53. The third-order valence-corrected chi connectivity index (χ3v) is 10.2. The van der Waals surface area contributed by atoms with E-state index >= 15 is 0 Å². The zero-order chi connectivity index (χ0) is 13.8. The monoisotopic (exact) mass is 582 g/mol. The molecule has 2 aliphatic carbocycles. The van der Waals surface area contributed by atoms with Gasteiger partial charge in [-0.15, -0.1) is 34.0 Å². The first-order valence-electron chi connectivity index (χ1n) is 7.73. The van der Waals surface area contributed by atoms with E-state index in [1.54, 1.807) is 11.1 Å². The molecule has 0 aromatic rings. The molecule has 0 spiro atoms. The Labute approximate surface area is 163 Å². The van der Waals surface area contributed by atoms with E-state index in [9.17, 15) is 0 Å². The molecule has 0 saturated carbocycles. The summed E-state index contributed by atoms with van der Waals surface area (Å²) in [6, 6.07) is 0. The summed E-state index contributed by atoms with van der Waals surface area (Å²) in [6.45, 7) is 9.42. The van der Waals surface area contributed by atoms with Crippen molar-refractivity contribution in [3.8, 4) is 0 Å². The first kappa shape index (κ1) is 21.8. The van der Waals surface area contributed by atoms with E-state index in [-0.39, 0.29) is 34.0 Å². The van der Waals surface area contributed by atoms with E-state index in [1.807, 2.05) is 6.66 Å². The Bertz CT molecular complexity index is 416. The average Bonchev–Trinajstić information content (AvgIpc) is 3.06. The molecule has 0 nitrogen and oxygen atoms in total. The molecule has 0 amide bonds. The van der Waals surface area contributed by atoms with Gasteiger partial charge in [0.05, 0.1) is 0 Å². The van der Waals surface area contributed by atoms with Crippen molar-refractivity contribution in [2.75, 3.05) is 0 Å². The third-order valence-electron chi connectivity index (χ3n) is 4.52. The van der Waals surface area contributed by atoms with Gasteiger partial charge in [-0.1, -0.05) is 0 Å².